The van der Waals surface area contributed by atoms with Crippen LogP contribution in [0.2, 0.25) is 0 Å². The summed E-state index contributed by atoms with van der Waals surface area (Å²) in [5.41, 5.74) is 4.41. The number of nitrogens with zero attached hydrogens (tertiary/aromatic N) is 2. The molecule has 0 fully saturated rings. The lowest BCUT2D eigenvalue weighted by atomic mass is 9.87. The minimum absolute atomic E-state index is 0.0800. The molecule has 1 heterocycles. The van der Waals surface area contributed by atoms with Gasteiger partial charge in [-0.25, -0.2) is 4.98 Å². The smallest absolute Gasteiger partial charge is 0.270 e. The number of methoxy groups -OCH3 is 2. The molecule has 0 radical (unpaired) electrons. The van der Waals surface area contributed by atoms with Crippen molar-refractivity contribution in [1.29, 1.82) is 0 Å². The Labute approximate surface area is 238 Å². The summed E-state index contributed by atoms with van der Waals surface area (Å²) in [7, 11) is 3.32. The molecule has 0 saturated carbocycles. The van der Waals surface area contributed by atoms with Gasteiger partial charge in [0.1, 0.15) is 10.7 Å². The second-order valence-electron chi connectivity index (χ2n) is 11.0. The van der Waals surface area contributed by atoms with Crippen molar-refractivity contribution in [2.75, 3.05) is 27.3 Å². The lowest BCUT2D eigenvalue weighted by Gasteiger charge is -2.23. The first-order chi connectivity index (χ1) is 18.7. The second kappa shape index (κ2) is 15.0. The molecule has 1 aromatic heterocycles. The molecule has 212 valence electrons. The number of hydrogen-bond acceptors (Lipinski definition) is 6. The van der Waals surface area contributed by atoms with E-state index in [4.69, 9.17) is 9.47 Å². The van der Waals surface area contributed by atoms with E-state index in [1.807, 2.05) is 17.5 Å². The van der Waals surface area contributed by atoms with Gasteiger partial charge in [0.2, 0.25) is 0 Å². The highest BCUT2D eigenvalue weighted by atomic mass is 32.1. The third-order valence-electron chi connectivity index (χ3n) is 6.85. The molecule has 0 aliphatic rings. The maximum Gasteiger partial charge on any atom is 0.270 e. The summed E-state index contributed by atoms with van der Waals surface area (Å²) in [6, 6.07) is 15.0. The number of benzene rings is 2. The lowest BCUT2D eigenvalue weighted by molar-refractivity contribution is 0.0948. The molecule has 3 aromatic rings. The van der Waals surface area contributed by atoms with Crippen LogP contribution in [0.25, 0.3) is 0 Å². The maximum absolute atomic E-state index is 12.6. The maximum atomic E-state index is 12.6. The van der Waals surface area contributed by atoms with Gasteiger partial charge in [-0.15, -0.1) is 11.3 Å². The topological polar surface area (TPSA) is 63.7 Å². The van der Waals surface area contributed by atoms with Crippen molar-refractivity contribution in [3.63, 3.8) is 0 Å². The molecule has 0 unspecified atom stereocenters. The SMILES string of the molecule is CCCCCCNC(=O)c1csc(CN(CCc2ccc(OC)c(OC)c2)Cc2ccc(C(C)(C)C)cc2)n1. The fraction of sp³-hybridized carbons (Fsp3) is 0.500. The van der Waals surface area contributed by atoms with Gasteiger partial charge in [-0.2, -0.15) is 0 Å². The van der Waals surface area contributed by atoms with E-state index in [9.17, 15) is 4.79 Å². The van der Waals surface area contributed by atoms with Crippen molar-refractivity contribution < 1.29 is 14.3 Å². The van der Waals surface area contributed by atoms with E-state index in [1.54, 1.807) is 25.6 Å². The number of amides is 1. The molecule has 39 heavy (non-hydrogen) atoms. The van der Waals surface area contributed by atoms with Gasteiger partial charge in [0.15, 0.2) is 11.5 Å². The number of nitrogens with one attached hydrogen (secondary N) is 1. The van der Waals surface area contributed by atoms with E-state index >= 15 is 0 Å². The van der Waals surface area contributed by atoms with Crippen LogP contribution in [0.15, 0.2) is 47.8 Å². The summed E-state index contributed by atoms with van der Waals surface area (Å²) < 4.78 is 10.9. The van der Waals surface area contributed by atoms with Gasteiger partial charge in [0, 0.05) is 25.0 Å². The monoisotopic (exact) mass is 551 g/mol. The number of carbonyl (C=O) groups is 1. The van der Waals surface area contributed by atoms with Crippen LogP contribution in [0.1, 0.15) is 85.6 Å². The average Bonchev–Trinajstić information content (AvgIpc) is 3.39. The van der Waals surface area contributed by atoms with Crippen molar-refractivity contribution >= 4 is 17.2 Å². The molecule has 7 heteroatoms. The average molecular weight is 552 g/mol. The Morgan fingerprint density at radius 3 is 2.33 bits per heavy atom. The van der Waals surface area contributed by atoms with E-state index in [0.717, 1.165) is 48.9 Å². The Morgan fingerprint density at radius 1 is 0.949 bits per heavy atom. The molecular weight excluding hydrogens is 506 g/mol. The molecule has 1 N–H and O–H groups in total. The summed E-state index contributed by atoms with van der Waals surface area (Å²) in [4.78, 5) is 19.7. The summed E-state index contributed by atoms with van der Waals surface area (Å²) in [5, 5.41) is 5.84. The lowest BCUT2D eigenvalue weighted by Crippen LogP contribution is -2.26. The van der Waals surface area contributed by atoms with E-state index in [-0.39, 0.29) is 11.3 Å². The normalized spacial score (nSPS) is 11.6. The van der Waals surface area contributed by atoms with Gasteiger partial charge < -0.3 is 14.8 Å². The second-order valence-corrected chi connectivity index (χ2v) is 12.0. The van der Waals surface area contributed by atoms with E-state index in [0.29, 0.717) is 18.8 Å². The van der Waals surface area contributed by atoms with Crippen LogP contribution >= 0.6 is 11.3 Å². The number of carbonyl (C=O) groups excluding carboxylic acids is 1. The molecule has 0 spiro atoms. The molecular formula is C32H45N3O3S. The predicted octanol–water partition coefficient (Wildman–Crippen LogP) is 7.01. The Morgan fingerprint density at radius 2 is 1.67 bits per heavy atom. The van der Waals surface area contributed by atoms with Crippen molar-refractivity contribution in [2.24, 2.45) is 0 Å². The van der Waals surface area contributed by atoms with Crippen LogP contribution in [-0.2, 0) is 24.9 Å². The van der Waals surface area contributed by atoms with Crippen LogP contribution in [0.5, 0.6) is 11.5 Å². The zero-order chi connectivity index (χ0) is 28.3. The van der Waals surface area contributed by atoms with Crippen LogP contribution in [0, 0.1) is 0 Å². The third kappa shape index (κ3) is 9.66. The summed E-state index contributed by atoms with van der Waals surface area (Å²) in [6.07, 6.45) is 5.40. The summed E-state index contributed by atoms with van der Waals surface area (Å²) >= 11 is 1.55. The van der Waals surface area contributed by atoms with Gasteiger partial charge in [0.05, 0.1) is 20.8 Å². The zero-order valence-electron chi connectivity index (χ0n) is 24.5. The molecule has 2 aromatic carbocycles. The van der Waals surface area contributed by atoms with Crippen LogP contribution < -0.4 is 14.8 Å². The molecule has 0 bridgehead atoms. The highest BCUT2D eigenvalue weighted by Gasteiger charge is 2.16. The van der Waals surface area contributed by atoms with E-state index < -0.39 is 0 Å². The molecule has 0 aliphatic heterocycles. The Hall–Kier alpha value is -2.90. The Balaban J connectivity index is 1.69. The number of aromatic nitrogens is 1. The molecule has 3 rings (SSSR count). The Bertz CT molecular complexity index is 1170. The minimum atomic E-state index is -0.0800. The fourth-order valence-corrected chi connectivity index (χ4v) is 5.24. The fourth-order valence-electron chi connectivity index (χ4n) is 4.43. The molecule has 0 aliphatic carbocycles. The van der Waals surface area contributed by atoms with Crippen molar-refractivity contribution in [2.45, 2.75) is 78.3 Å². The van der Waals surface area contributed by atoms with Gasteiger partial charge in [0.25, 0.3) is 5.91 Å². The standard InChI is InChI=1S/C32H45N3O3S/c1-7-8-9-10-18-33-31(36)27-23-39-30(34-27)22-35(21-25-11-14-26(15-12-25)32(2,3)4)19-17-24-13-16-28(37-5)29(20-24)38-6/h11-16,20,23H,7-10,17-19,21-22H2,1-6H3,(H,33,36). The third-order valence-corrected chi connectivity index (χ3v) is 7.68. The molecule has 0 saturated heterocycles. The minimum Gasteiger partial charge on any atom is -0.493 e. The van der Waals surface area contributed by atoms with Gasteiger partial charge in [-0.1, -0.05) is 77.3 Å². The summed E-state index contributed by atoms with van der Waals surface area (Å²) in [5.74, 6) is 1.39. The first-order valence-corrected chi connectivity index (χ1v) is 14.9. The Kier molecular flexibility index (Phi) is 11.8. The van der Waals surface area contributed by atoms with E-state index in [2.05, 4.69) is 73.2 Å². The van der Waals surface area contributed by atoms with Gasteiger partial charge in [-0.3, -0.25) is 9.69 Å². The first kappa shape index (κ1) is 30.6. The number of unbranched alkanes of at least 4 members (excludes halogenated alkanes) is 3. The number of hydrogen-bond donors (Lipinski definition) is 1. The highest BCUT2D eigenvalue weighted by molar-refractivity contribution is 7.09. The molecule has 1 amide bonds. The van der Waals surface area contributed by atoms with E-state index in [1.165, 1.54) is 29.5 Å². The van der Waals surface area contributed by atoms with Gasteiger partial charge >= 0.3 is 0 Å². The van der Waals surface area contributed by atoms with Crippen LogP contribution in [0.4, 0.5) is 0 Å². The van der Waals surface area contributed by atoms with Crippen molar-refractivity contribution in [1.82, 2.24) is 15.2 Å². The molecule has 0 atom stereocenters. The predicted molar refractivity (Wildman–Crippen MR) is 161 cm³/mol. The highest BCUT2D eigenvalue weighted by Crippen LogP contribution is 2.28. The quantitative estimate of drug-likeness (QED) is 0.206. The van der Waals surface area contributed by atoms with Crippen LogP contribution in [0.3, 0.4) is 0 Å². The number of rotatable bonds is 15. The first-order valence-electron chi connectivity index (χ1n) is 14.0. The van der Waals surface area contributed by atoms with Crippen molar-refractivity contribution in [3.05, 3.63) is 75.2 Å². The zero-order valence-corrected chi connectivity index (χ0v) is 25.3. The molecule has 6 nitrogen and oxygen atoms in total. The largest absolute Gasteiger partial charge is 0.493 e. The van der Waals surface area contributed by atoms with Crippen LogP contribution in [-0.4, -0.2) is 43.1 Å². The number of thiazole rings is 1. The van der Waals surface area contributed by atoms with Gasteiger partial charge in [-0.05, 0) is 47.1 Å². The summed E-state index contributed by atoms with van der Waals surface area (Å²) in [6.45, 7) is 11.9. The number of ether oxygens (including phenoxy) is 2. The van der Waals surface area contributed by atoms with Crippen molar-refractivity contribution in [3.8, 4) is 11.5 Å².